The maximum Gasteiger partial charge on any atom is 0.0743 e. The van der Waals surface area contributed by atoms with Crippen LogP contribution in [0.4, 0.5) is 11.4 Å². The monoisotopic (exact) mass is 309 g/mol. The molecule has 0 aliphatic rings. The van der Waals surface area contributed by atoms with Crippen molar-refractivity contribution in [1.82, 2.24) is 4.98 Å². The fraction of sp³-hybridized carbons (Fsp3) is 0.308. The predicted octanol–water partition coefficient (Wildman–Crippen LogP) is 2.76. The molecule has 0 spiro atoms. The third kappa shape index (κ3) is 2.57. The predicted molar refractivity (Wildman–Crippen MR) is 78.6 cm³/mol. The smallest absolute Gasteiger partial charge is 0.0743 e. The summed E-state index contributed by atoms with van der Waals surface area (Å²) in [6.07, 6.45) is 1.63. The molecule has 4 N–H and O–H groups in total. The second kappa shape index (κ2) is 4.74. The minimum Gasteiger partial charge on any atom is -0.396 e. The maximum atomic E-state index is 9.34. The van der Waals surface area contributed by atoms with Gasteiger partial charge in [0.1, 0.15) is 0 Å². The Morgan fingerprint density at radius 2 is 2.17 bits per heavy atom. The Morgan fingerprint density at radius 3 is 2.83 bits per heavy atom. The van der Waals surface area contributed by atoms with Crippen LogP contribution in [0, 0.1) is 0 Å². The zero-order valence-electron chi connectivity index (χ0n) is 10.4. The quantitative estimate of drug-likeness (QED) is 0.815. The Hall–Kier alpha value is -1.33. The third-order valence-electron chi connectivity index (χ3n) is 2.72. The molecular weight excluding hydrogens is 294 g/mol. The third-order valence-corrected chi connectivity index (χ3v) is 3.21. The van der Waals surface area contributed by atoms with Crippen molar-refractivity contribution in [3.05, 3.63) is 28.9 Å². The molecule has 0 radical (unpaired) electrons. The molecule has 2 aromatic rings. The van der Waals surface area contributed by atoms with Crippen LogP contribution in [0.25, 0.3) is 10.9 Å². The number of hydrogen-bond acceptors (Lipinski definition) is 4. The van der Waals surface area contributed by atoms with E-state index in [9.17, 15) is 5.11 Å². The Bertz CT molecular complexity index is 578. The molecule has 4 nitrogen and oxygen atoms in total. The van der Waals surface area contributed by atoms with Gasteiger partial charge in [-0.1, -0.05) is 15.9 Å². The van der Waals surface area contributed by atoms with Crippen LogP contribution < -0.4 is 11.1 Å². The number of aliphatic hydroxyl groups is 1. The fourth-order valence-corrected chi connectivity index (χ4v) is 2.06. The zero-order valence-corrected chi connectivity index (χ0v) is 12.0. The summed E-state index contributed by atoms with van der Waals surface area (Å²) in [6, 6.07) is 5.83. The maximum absolute atomic E-state index is 9.34. The standard InChI is InChI=1S/C13H16BrN3O/c1-13(2,7-18)17-12-9-5-8(14)3-4-11(9)16-6-10(12)15/h3-6,18H,7,15H2,1-2H3,(H,16,17). The number of nitrogen functional groups attached to an aromatic ring is 1. The van der Waals surface area contributed by atoms with Gasteiger partial charge in [-0.05, 0) is 32.0 Å². The molecular formula is C13H16BrN3O. The number of fused-ring (bicyclic) bond motifs is 1. The first-order valence-electron chi connectivity index (χ1n) is 5.66. The van der Waals surface area contributed by atoms with Crippen molar-refractivity contribution in [2.75, 3.05) is 17.7 Å². The van der Waals surface area contributed by atoms with E-state index in [0.29, 0.717) is 5.69 Å². The summed E-state index contributed by atoms with van der Waals surface area (Å²) in [7, 11) is 0. The molecule has 0 unspecified atom stereocenters. The highest BCUT2D eigenvalue weighted by Crippen LogP contribution is 2.31. The van der Waals surface area contributed by atoms with Crippen molar-refractivity contribution >= 4 is 38.2 Å². The van der Waals surface area contributed by atoms with Crippen molar-refractivity contribution < 1.29 is 5.11 Å². The lowest BCUT2D eigenvalue weighted by molar-refractivity contribution is 0.234. The summed E-state index contributed by atoms with van der Waals surface area (Å²) in [5.74, 6) is 0. The number of aromatic nitrogens is 1. The van der Waals surface area contributed by atoms with E-state index in [2.05, 4.69) is 26.2 Å². The minimum atomic E-state index is -0.440. The summed E-state index contributed by atoms with van der Waals surface area (Å²) in [5.41, 5.74) is 7.78. The first-order chi connectivity index (χ1) is 8.43. The SMILES string of the molecule is CC(C)(CO)Nc1c(N)cnc2ccc(Br)cc12. The van der Waals surface area contributed by atoms with Gasteiger partial charge in [-0.25, -0.2) is 0 Å². The Morgan fingerprint density at radius 1 is 1.44 bits per heavy atom. The van der Waals surface area contributed by atoms with Gasteiger partial charge < -0.3 is 16.2 Å². The van der Waals surface area contributed by atoms with E-state index < -0.39 is 5.54 Å². The van der Waals surface area contributed by atoms with E-state index in [1.165, 1.54) is 0 Å². The highest BCUT2D eigenvalue weighted by Gasteiger charge is 2.19. The van der Waals surface area contributed by atoms with E-state index in [4.69, 9.17) is 5.73 Å². The molecule has 0 atom stereocenters. The number of hydrogen-bond donors (Lipinski definition) is 3. The number of aliphatic hydroxyl groups excluding tert-OH is 1. The van der Waals surface area contributed by atoms with E-state index in [0.717, 1.165) is 21.1 Å². The number of nitrogens with one attached hydrogen (secondary N) is 1. The molecule has 18 heavy (non-hydrogen) atoms. The lowest BCUT2D eigenvalue weighted by Crippen LogP contribution is -2.35. The molecule has 0 aliphatic carbocycles. The van der Waals surface area contributed by atoms with Gasteiger partial charge in [-0.3, -0.25) is 4.98 Å². The fourth-order valence-electron chi connectivity index (χ4n) is 1.70. The second-order valence-corrected chi connectivity index (χ2v) is 5.83. The molecule has 96 valence electrons. The number of rotatable bonds is 3. The Kier molecular flexibility index (Phi) is 3.45. The van der Waals surface area contributed by atoms with Gasteiger partial charge in [0.15, 0.2) is 0 Å². The van der Waals surface area contributed by atoms with Gasteiger partial charge in [0.25, 0.3) is 0 Å². The lowest BCUT2D eigenvalue weighted by atomic mass is 10.0. The first kappa shape index (κ1) is 13.1. The summed E-state index contributed by atoms with van der Waals surface area (Å²) >= 11 is 3.44. The number of nitrogens with zero attached hydrogens (tertiary/aromatic N) is 1. The topological polar surface area (TPSA) is 71.2 Å². The highest BCUT2D eigenvalue weighted by molar-refractivity contribution is 9.10. The molecule has 0 aliphatic heterocycles. The molecule has 5 heteroatoms. The lowest BCUT2D eigenvalue weighted by Gasteiger charge is -2.26. The molecule has 0 bridgehead atoms. The van der Waals surface area contributed by atoms with Crippen molar-refractivity contribution in [3.63, 3.8) is 0 Å². The van der Waals surface area contributed by atoms with Crippen molar-refractivity contribution in [2.24, 2.45) is 0 Å². The van der Waals surface area contributed by atoms with Gasteiger partial charge >= 0.3 is 0 Å². The molecule has 0 saturated heterocycles. The number of benzene rings is 1. The van der Waals surface area contributed by atoms with Crippen molar-refractivity contribution in [1.29, 1.82) is 0 Å². The summed E-state index contributed by atoms with van der Waals surface area (Å²) in [6.45, 7) is 3.84. The largest absolute Gasteiger partial charge is 0.396 e. The van der Waals surface area contributed by atoms with Crippen LogP contribution in [0.15, 0.2) is 28.9 Å². The second-order valence-electron chi connectivity index (χ2n) is 4.92. The van der Waals surface area contributed by atoms with Crippen LogP contribution in [0.5, 0.6) is 0 Å². The molecule has 2 rings (SSSR count). The zero-order chi connectivity index (χ0) is 13.3. The average molecular weight is 310 g/mol. The van der Waals surface area contributed by atoms with Crippen LogP contribution >= 0.6 is 15.9 Å². The minimum absolute atomic E-state index is 0.0181. The van der Waals surface area contributed by atoms with Crippen molar-refractivity contribution in [2.45, 2.75) is 19.4 Å². The molecule has 0 fully saturated rings. The molecule has 0 amide bonds. The molecule has 1 heterocycles. The van der Waals surface area contributed by atoms with Gasteiger partial charge in [0.2, 0.25) is 0 Å². The van der Waals surface area contributed by atoms with Gasteiger partial charge in [-0.15, -0.1) is 0 Å². The van der Waals surface area contributed by atoms with Crippen LogP contribution in [-0.2, 0) is 0 Å². The van der Waals surface area contributed by atoms with Crippen LogP contribution in [-0.4, -0.2) is 22.2 Å². The van der Waals surface area contributed by atoms with Crippen LogP contribution in [0.2, 0.25) is 0 Å². The Balaban J connectivity index is 2.60. The Labute approximate surface area is 114 Å². The van der Waals surface area contributed by atoms with Gasteiger partial charge in [0, 0.05) is 9.86 Å². The van der Waals surface area contributed by atoms with Gasteiger partial charge in [-0.2, -0.15) is 0 Å². The first-order valence-corrected chi connectivity index (χ1v) is 6.45. The number of anilines is 2. The van der Waals surface area contributed by atoms with E-state index >= 15 is 0 Å². The van der Waals surface area contributed by atoms with Crippen LogP contribution in [0.1, 0.15) is 13.8 Å². The number of nitrogens with two attached hydrogens (primary N) is 1. The molecule has 0 saturated carbocycles. The number of pyridine rings is 1. The summed E-state index contributed by atoms with van der Waals surface area (Å²) in [4.78, 5) is 4.29. The normalized spacial score (nSPS) is 11.8. The van der Waals surface area contributed by atoms with Gasteiger partial charge in [0.05, 0.1) is 35.2 Å². The average Bonchev–Trinajstić information content (AvgIpc) is 2.33. The summed E-state index contributed by atoms with van der Waals surface area (Å²) < 4.78 is 0.965. The summed E-state index contributed by atoms with van der Waals surface area (Å²) in [5, 5.41) is 13.6. The van der Waals surface area contributed by atoms with E-state index in [1.54, 1.807) is 6.20 Å². The van der Waals surface area contributed by atoms with E-state index in [-0.39, 0.29) is 6.61 Å². The molecule has 1 aromatic heterocycles. The van der Waals surface area contributed by atoms with Crippen molar-refractivity contribution in [3.8, 4) is 0 Å². The van der Waals surface area contributed by atoms with E-state index in [1.807, 2.05) is 32.0 Å². The molecule has 1 aromatic carbocycles. The van der Waals surface area contributed by atoms with Crippen LogP contribution in [0.3, 0.4) is 0 Å². The number of halogens is 1. The highest BCUT2D eigenvalue weighted by atomic mass is 79.9.